The Bertz CT molecular complexity index is 676. The van der Waals surface area contributed by atoms with Crippen LogP contribution < -0.4 is 0 Å². The van der Waals surface area contributed by atoms with Gasteiger partial charge in [0.1, 0.15) is 0 Å². The highest BCUT2D eigenvalue weighted by Crippen LogP contribution is 2.18. The first-order valence-electron chi connectivity index (χ1n) is 6.13. The summed E-state index contributed by atoms with van der Waals surface area (Å²) in [5.74, 6) is -3.27. The first-order chi connectivity index (χ1) is 9.78. The maximum atomic E-state index is 13.1. The molecule has 2 heterocycles. The second-order valence-corrected chi connectivity index (χ2v) is 6.96. The average Bonchev–Trinajstić information content (AvgIpc) is 2.36. The Morgan fingerprint density at radius 2 is 2.19 bits per heavy atom. The van der Waals surface area contributed by atoms with Gasteiger partial charge in [-0.05, 0) is 6.07 Å². The predicted octanol–water partition coefficient (Wildman–Crippen LogP) is -0.0654. The number of carboxylic acids is 1. The van der Waals surface area contributed by atoms with E-state index in [0.29, 0.717) is 0 Å². The van der Waals surface area contributed by atoms with Gasteiger partial charge in [-0.1, -0.05) is 0 Å². The van der Waals surface area contributed by atoms with Gasteiger partial charge in [-0.25, -0.2) is 13.4 Å². The number of halogens is 1. The molecule has 0 bridgehead atoms. The van der Waals surface area contributed by atoms with E-state index >= 15 is 0 Å². The first kappa shape index (κ1) is 15.4. The number of carbonyl (C=O) groups is 2. The number of hydrogen-bond acceptors (Lipinski definition) is 5. The molecule has 1 aromatic heterocycles. The smallest absolute Gasteiger partial charge is 0.305 e. The molecule has 21 heavy (non-hydrogen) atoms. The van der Waals surface area contributed by atoms with Gasteiger partial charge in [0.15, 0.2) is 9.84 Å². The highest BCUT2D eigenvalue weighted by Gasteiger charge is 2.35. The van der Waals surface area contributed by atoms with Gasteiger partial charge in [0, 0.05) is 24.4 Å². The minimum atomic E-state index is -3.38. The number of rotatable bonds is 3. The van der Waals surface area contributed by atoms with Gasteiger partial charge in [-0.3, -0.25) is 9.59 Å². The summed E-state index contributed by atoms with van der Waals surface area (Å²) in [4.78, 5) is 27.6. The standard InChI is InChI=1S/C12H13FN2O5S/c13-10-5-8(1-2-14-10)12(18)15-3-4-21(19,20)7-9(15)6-11(16)17/h1-2,5,9H,3-4,6-7H2,(H,16,17). The number of sulfone groups is 1. The van der Waals surface area contributed by atoms with Gasteiger partial charge in [-0.2, -0.15) is 4.39 Å². The average molecular weight is 316 g/mol. The second-order valence-electron chi connectivity index (χ2n) is 4.73. The highest BCUT2D eigenvalue weighted by atomic mass is 32.2. The SMILES string of the molecule is O=C(O)CC1CS(=O)(=O)CCN1C(=O)c1ccnc(F)c1. The number of carboxylic acid groups (broad SMARTS) is 1. The Kier molecular flexibility index (Phi) is 4.21. The Balaban J connectivity index is 2.27. The van der Waals surface area contributed by atoms with Crippen LogP contribution >= 0.6 is 0 Å². The molecule has 1 aliphatic heterocycles. The number of aromatic nitrogens is 1. The van der Waals surface area contributed by atoms with Crippen LogP contribution in [0.4, 0.5) is 4.39 Å². The summed E-state index contributed by atoms with van der Waals surface area (Å²) in [5.41, 5.74) is 0.0113. The van der Waals surface area contributed by atoms with Crippen LogP contribution in [0.3, 0.4) is 0 Å². The zero-order valence-corrected chi connectivity index (χ0v) is 11.7. The molecule has 1 N–H and O–H groups in total. The molecule has 0 saturated carbocycles. The van der Waals surface area contributed by atoms with Crippen LogP contribution in [0.15, 0.2) is 18.3 Å². The fourth-order valence-corrected chi connectivity index (χ4v) is 3.75. The molecule has 1 aromatic rings. The van der Waals surface area contributed by atoms with E-state index in [9.17, 15) is 22.4 Å². The maximum absolute atomic E-state index is 13.1. The molecule has 9 heteroatoms. The van der Waals surface area contributed by atoms with Crippen molar-refractivity contribution in [1.29, 1.82) is 0 Å². The molecule has 0 aromatic carbocycles. The van der Waals surface area contributed by atoms with Crippen molar-refractivity contribution in [1.82, 2.24) is 9.88 Å². The number of hydrogen-bond donors (Lipinski definition) is 1. The zero-order valence-electron chi connectivity index (χ0n) is 10.9. The molecule has 1 saturated heterocycles. The lowest BCUT2D eigenvalue weighted by atomic mass is 10.1. The maximum Gasteiger partial charge on any atom is 0.305 e. The van der Waals surface area contributed by atoms with Gasteiger partial charge < -0.3 is 10.0 Å². The van der Waals surface area contributed by atoms with E-state index in [1.54, 1.807) is 0 Å². The summed E-state index contributed by atoms with van der Waals surface area (Å²) in [7, 11) is -3.38. The van der Waals surface area contributed by atoms with Crippen molar-refractivity contribution < 1.29 is 27.5 Å². The van der Waals surface area contributed by atoms with Gasteiger partial charge in [0.05, 0.1) is 24.0 Å². The summed E-state index contributed by atoms with van der Waals surface area (Å²) in [6.07, 6.45) is 0.647. The van der Waals surface area contributed by atoms with Crippen LogP contribution in [-0.2, 0) is 14.6 Å². The third-order valence-electron chi connectivity index (χ3n) is 3.17. The van der Waals surface area contributed by atoms with Crippen molar-refractivity contribution >= 4 is 21.7 Å². The lowest BCUT2D eigenvalue weighted by Crippen LogP contribution is -2.52. The van der Waals surface area contributed by atoms with E-state index in [1.807, 2.05) is 0 Å². The van der Waals surface area contributed by atoms with Crippen LogP contribution in [0.25, 0.3) is 0 Å². The fourth-order valence-electron chi connectivity index (χ4n) is 2.23. The summed E-state index contributed by atoms with van der Waals surface area (Å²) in [5, 5.41) is 8.85. The van der Waals surface area contributed by atoms with Crippen molar-refractivity contribution in [2.75, 3.05) is 18.1 Å². The third-order valence-corrected chi connectivity index (χ3v) is 4.87. The number of pyridine rings is 1. The number of aliphatic carboxylic acids is 1. The van der Waals surface area contributed by atoms with E-state index in [-0.39, 0.29) is 17.9 Å². The molecule has 114 valence electrons. The third kappa shape index (κ3) is 3.75. The molecule has 1 atom stereocenters. The summed E-state index contributed by atoms with van der Waals surface area (Å²) < 4.78 is 36.3. The molecule has 1 amide bonds. The molecular formula is C12H13FN2O5S. The second kappa shape index (κ2) is 5.76. The Labute approximate surface area is 120 Å². The summed E-state index contributed by atoms with van der Waals surface area (Å²) >= 11 is 0. The lowest BCUT2D eigenvalue weighted by molar-refractivity contribution is -0.138. The van der Waals surface area contributed by atoms with Crippen LogP contribution in [0.2, 0.25) is 0 Å². The van der Waals surface area contributed by atoms with Gasteiger partial charge in [0.25, 0.3) is 5.91 Å². The zero-order chi connectivity index (χ0) is 15.6. The van der Waals surface area contributed by atoms with Gasteiger partial charge >= 0.3 is 5.97 Å². The summed E-state index contributed by atoms with van der Waals surface area (Å²) in [6, 6.07) is 1.28. The normalized spacial score (nSPS) is 21.0. The number of carbonyl (C=O) groups excluding carboxylic acids is 1. The van der Waals surface area contributed by atoms with Crippen molar-refractivity contribution in [2.24, 2.45) is 0 Å². The molecule has 0 aliphatic carbocycles. The lowest BCUT2D eigenvalue weighted by Gasteiger charge is -2.34. The number of nitrogens with zero attached hydrogens (tertiary/aromatic N) is 2. The topological polar surface area (TPSA) is 105 Å². The van der Waals surface area contributed by atoms with Crippen LogP contribution in [0, 0.1) is 5.95 Å². The molecular weight excluding hydrogens is 303 g/mol. The Morgan fingerprint density at radius 3 is 2.81 bits per heavy atom. The van der Waals surface area contributed by atoms with Gasteiger partial charge in [0.2, 0.25) is 5.95 Å². The van der Waals surface area contributed by atoms with E-state index < -0.39 is 45.9 Å². The van der Waals surface area contributed by atoms with Crippen LogP contribution in [0.5, 0.6) is 0 Å². The van der Waals surface area contributed by atoms with Crippen molar-refractivity contribution in [3.8, 4) is 0 Å². The minimum absolute atomic E-state index is 0.0113. The van der Waals surface area contributed by atoms with Crippen LogP contribution in [0.1, 0.15) is 16.8 Å². The molecule has 7 nitrogen and oxygen atoms in total. The summed E-state index contributed by atoms with van der Waals surface area (Å²) in [6.45, 7) is -0.108. The minimum Gasteiger partial charge on any atom is -0.481 e. The number of amides is 1. The highest BCUT2D eigenvalue weighted by molar-refractivity contribution is 7.91. The largest absolute Gasteiger partial charge is 0.481 e. The Hall–Kier alpha value is -2.03. The fraction of sp³-hybridized carbons (Fsp3) is 0.417. The van der Waals surface area contributed by atoms with E-state index in [0.717, 1.165) is 12.3 Å². The Morgan fingerprint density at radius 1 is 1.48 bits per heavy atom. The molecule has 2 rings (SSSR count). The molecule has 0 spiro atoms. The van der Waals surface area contributed by atoms with E-state index in [4.69, 9.17) is 5.11 Å². The monoisotopic (exact) mass is 316 g/mol. The quantitative estimate of drug-likeness (QED) is 0.783. The van der Waals surface area contributed by atoms with Crippen LogP contribution in [-0.4, -0.2) is 59.4 Å². The first-order valence-corrected chi connectivity index (χ1v) is 7.95. The van der Waals surface area contributed by atoms with Crippen molar-refractivity contribution in [3.63, 3.8) is 0 Å². The van der Waals surface area contributed by atoms with Crippen molar-refractivity contribution in [2.45, 2.75) is 12.5 Å². The molecule has 1 unspecified atom stereocenters. The molecule has 1 aliphatic rings. The van der Waals surface area contributed by atoms with Crippen molar-refractivity contribution in [3.05, 3.63) is 29.8 Å². The molecule has 1 fully saturated rings. The van der Waals surface area contributed by atoms with E-state index in [1.165, 1.54) is 11.0 Å². The van der Waals surface area contributed by atoms with E-state index in [2.05, 4.69) is 4.98 Å². The van der Waals surface area contributed by atoms with Gasteiger partial charge in [-0.15, -0.1) is 0 Å². The predicted molar refractivity (Wildman–Crippen MR) is 69.9 cm³/mol. The molecule has 0 radical (unpaired) electrons.